The third-order valence-corrected chi connectivity index (χ3v) is 5.51. The largest absolute Gasteiger partial charge is 0.352 e. The quantitative estimate of drug-likeness (QED) is 0.828. The maximum absolute atomic E-state index is 5.93. The van der Waals surface area contributed by atoms with Crippen molar-refractivity contribution in [3.63, 3.8) is 0 Å². The van der Waals surface area contributed by atoms with Crippen LogP contribution in [0.4, 0.5) is 0 Å². The molecule has 4 rings (SSSR count). The van der Waals surface area contributed by atoms with E-state index in [9.17, 15) is 0 Å². The minimum absolute atomic E-state index is 0.00985. The van der Waals surface area contributed by atoms with E-state index < -0.39 is 0 Å². The number of ether oxygens (including phenoxy) is 2. The summed E-state index contributed by atoms with van der Waals surface area (Å²) in [7, 11) is 0. The fourth-order valence-electron chi connectivity index (χ4n) is 4.55. The van der Waals surface area contributed by atoms with Crippen molar-refractivity contribution in [1.29, 1.82) is 0 Å². The summed E-state index contributed by atoms with van der Waals surface area (Å²) in [5.41, 5.74) is 4.35. The summed E-state index contributed by atoms with van der Waals surface area (Å²) in [6.07, 6.45) is 3.48. The third-order valence-electron chi connectivity index (χ3n) is 5.51. The Morgan fingerprint density at radius 1 is 1.14 bits per heavy atom. The van der Waals surface area contributed by atoms with Crippen LogP contribution in [-0.2, 0) is 16.0 Å². The van der Waals surface area contributed by atoms with Crippen LogP contribution in [0.5, 0.6) is 0 Å². The molecule has 3 nitrogen and oxygen atoms in total. The Balaban J connectivity index is 1.87. The van der Waals surface area contributed by atoms with Gasteiger partial charge in [-0.05, 0) is 50.7 Å². The molecule has 2 aliphatic heterocycles. The highest BCUT2D eigenvalue weighted by molar-refractivity contribution is 5.86. The number of hydrogen-bond acceptors (Lipinski definition) is 2. The van der Waals surface area contributed by atoms with E-state index in [1.807, 2.05) is 0 Å². The normalized spacial score (nSPS) is 28.7. The summed E-state index contributed by atoms with van der Waals surface area (Å²) in [6.45, 7) is 7.23. The van der Waals surface area contributed by atoms with Crippen molar-refractivity contribution in [2.45, 2.75) is 51.9 Å². The summed E-state index contributed by atoms with van der Waals surface area (Å²) in [5, 5.41) is 1.43. The molecule has 3 atom stereocenters. The molecule has 0 bridgehead atoms. The lowest BCUT2D eigenvalue weighted by Gasteiger charge is -2.25. The molecule has 2 saturated heterocycles. The van der Waals surface area contributed by atoms with E-state index in [1.165, 1.54) is 23.0 Å². The van der Waals surface area contributed by atoms with Crippen LogP contribution >= 0.6 is 0 Å². The van der Waals surface area contributed by atoms with E-state index in [4.69, 9.17) is 9.47 Å². The van der Waals surface area contributed by atoms with Crippen molar-refractivity contribution in [1.82, 2.24) is 4.57 Å². The molecule has 3 heterocycles. The Kier molecular flexibility index (Phi) is 3.71. The van der Waals surface area contributed by atoms with Gasteiger partial charge in [0.2, 0.25) is 0 Å². The zero-order valence-corrected chi connectivity index (χ0v) is 13.5. The molecule has 0 amide bonds. The molecular formula is C19H25NO2. The molecule has 3 heteroatoms. The average Bonchev–Trinajstić information content (AvgIpc) is 3.05. The molecule has 2 aromatic rings. The number of nitrogens with zero attached hydrogens (tertiary/aromatic N) is 1. The van der Waals surface area contributed by atoms with Gasteiger partial charge in [-0.2, -0.15) is 0 Å². The Labute approximate surface area is 132 Å². The average molecular weight is 299 g/mol. The van der Waals surface area contributed by atoms with Crippen molar-refractivity contribution in [3.8, 4) is 0 Å². The SMILES string of the molecule is CCn1c(C)c([C@H]2CCCO[C@@H]3OCC[C@@H]32)c2ccccc21. The summed E-state index contributed by atoms with van der Waals surface area (Å²) >= 11 is 0. The lowest BCUT2D eigenvalue weighted by molar-refractivity contribution is -0.126. The maximum Gasteiger partial charge on any atom is 0.161 e. The number of para-hydroxylation sites is 1. The molecule has 1 aromatic heterocycles. The van der Waals surface area contributed by atoms with Crippen LogP contribution in [0.15, 0.2) is 24.3 Å². The number of hydrogen-bond donors (Lipinski definition) is 0. The van der Waals surface area contributed by atoms with E-state index in [0.717, 1.165) is 32.6 Å². The first-order chi connectivity index (χ1) is 10.8. The maximum atomic E-state index is 5.93. The van der Waals surface area contributed by atoms with Gasteiger partial charge in [0.15, 0.2) is 6.29 Å². The zero-order valence-electron chi connectivity index (χ0n) is 13.5. The topological polar surface area (TPSA) is 23.4 Å². The van der Waals surface area contributed by atoms with Gasteiger partial charge in [-0.1, -0.05) is 18.2 Å². The standard InChI is InChI=1S/C19H25NO2/c1-3-20-13(2)18(16-7-4-5-9-17(16)20)14-8-6-11-21-19-15(14)10-12-22-19/h4-5,7,9,14-15,19H,3,6,8,10-12H2,1-2H3/t14-,15+,19+/m0/s1. The van der Waals surface area contributed by atoms with Gasteiger partial charge in [0.1, 0.15) is 0 Å². The van der Waals surface area contributed by atoms with E-state index >= 15 is 0 Å². The van der Waals surface area contributed by atoms with E-state index in [-0.39, 0.29) is 6.29 Å². The van der Waals surface area contributed by atoms with Crippen molar-refractivity contribution in [2.75, 3.05) is 13.2 Å². The van der Waals surface area contributed by atoms with Crippen molar-refractivity contribution in [3.05, 3.63) is 35.5 Å². The Morgan fingerprint density at radius 2 is 1.95 bits per heavy atom. The van der Waals surface area contributed by atoms with Crippen LogP contribution in [0, 0.1) is 12.8 Å². The minimum Gasteiger partial charge on any atom is -0.352 e. The second kappa shape index (κ2) is 5.71. The lowest BCUT2D eigenvalue weighted by Crippen LogP contribution is -2.23. The van der Waals surface area contributed by atoms with Crippen LogP contribution in [0.1, 0.15) is 43.4 Å². The van der Waals surface area contributed by atoms with Gasteiger partial charge in [-0.15, -0.1) is 0 Å². The van der Waals surface area contributed by atoms with Gasteiger partial charge in [0, 0.05) is 35.7 Å². The van der Waals surface area contributed by atoms with Gasteiger partial charge in [0.25, 0.3) is 0 Å². The second-order valence-electron chi connectivity index (χ2n) is 6.57. The molecule has 2 fully saturated rings. The van der Waals surface area contributed by atoms with E-state index in [0.29, 0.717) is 11.8 Å². The second-order valence-corrected chi connectivity index (χ2v) is 6.57. The lowest BCUT2D eigenvalue weighted by atomic mass is 9.81. The molecule has 2 aliphatic rings. The van der Waals surface area contributed by atoms with Crippen molar-refractivity contribution in [2.24, 2.45) is 5.92 Å². The number of aromatic nitrogens is 1. The molecule has 1 aromatic carbocycles. The minimum atomic E-state index is 0.00985. The summed E-state index contributed by atoms with van der Waals surface area (Å²) < 4.78 is 14.2. The predicted molar refractivity (Wildman–Crippen MR) is 88.1 cm³/mol. The Morgan fingerprint density at radius 3 is 2.82 bits per heavy atom. The summed E-state index contributed by atoms with van der Waals surface area (Å²) in [6, 6.07) is 8.86. The van der Waals surface area contributed by atoms with Crippen LogP contribution in [-0.4, -0.2) is 24.1 Å². The molecule has 22 heavy (non-hydrogen) atoms. The highest BCUT2D eigenvalue weighted by Crippen LogP contribution is 2.45. The number of fused-ring (bicyclic) bond motifs is 2. The highest BCUT2D eigenvalue weighted by atomic mass is 16.7. The van der Waals surface area contributed by atoms with Gasteiger partial charge >= 0.3 is 0 Å². The summed E-state index contributed by atoms with van der Waals surface area (Å²) in [4.78, 5) is 0. The molecule has 0 aliphatic carbocycles. The number of rotatable bonds is 2. The zero-order chi connectivity index (χ0) is 15.1. The van der Waals surface area contributed by atoms with Gasteiger partial charge in [-0.25, -0.2) is 0 Å². The van der Waals surface area contributed by atoms with Crippen LogP contribution < -0.4 is 0 Å². The third kappa shape index (κ3) is 2.10. The van der Waals surface area contributed by atoms with E-state index in [1.54, 1.807) is 5.56 Å². The van der Waals surface area contributed by atoms with Gasteiger partial charge in [-0.3, -0.25) is 0 Å². The first kappa shape index (κ1) is 14.3. The highest BCUT2D eigenvalue weighted by Gasteiger charge is 2.39. The van der Waals surface area contributed by atoms with Gasteiger partial charge in [0.05, 0.1) is 6.61 Å². The predicted octanol–water partition coefficient (Wildman–Crippen LogP) is 4.23. The van der Waals surface area contributed by atoms with E-state index in [2.05, 4.69) is 42.7 Å². The Bertz CT molecular complexity index is 675. The first-order valence-electron chi connectivity index (χ1n) is 8.62. The molecule has 0 unspecified atom stereocenters. The number of benzene rings is 1. The monoisotopic (exact) mass is 299 g/mol. The van der Waals surface area contributed by atoms with Gasteiger partial charge < -0.3 is 14.0 Å². The first-order valence-corrected chi connectivity index (χ1v) is 8.62. The molecular weight excluding hydrogens is 274 g/mol. The number of aryl methyl sites for hydroxylation is 1. The van der Waals surface area contributed by atoms with Crippen LogP contribution in [0.3, 0.4) is 0 Å². The molecule has 0 N–H and O–H groups in total. The van der Waals surface area contributed by atoms with Crippen molar-refractivity contribution >= 4 is 10.9 Å². The van der Waals surface area contributed by atoms with Crippen LogP contribution in [0.2, 0.25) is 0 Å². The molecule has 0 spiro atoms. The molecule has 0 radical (unpaired) electrons. The smallest absolute Gasteiger partial charge is 0.161 e. The van der Waals surface area contributed by atoms with Crippen molar-refractivity contribution < 1.29 is 9.47 Å². The fourth-order valence-corrected chi connectivity index (χ4v) is 4.55. The fraction of sp³-hybridized carbons (Fsp3) is 0.579. The summed E-state index contributed by atoms with van der Waals surface area (Å²) in [5.74, 6) is 1.07. The molecule has 118 valence electrons. The molecule has 0 saturated carbocycles. The Hall–Kier alpha value is -1.32. The van der Waals surface area contributed by atoms with Crippen LogP contribution in [0.25, 0.3) is 10.9 Å².